The quantitative estimate of drug-likeness (QED) is 0.844. The van der Waals surface area contributed by atoms with Gasteiger partial charge in [-0.2, -0.15) is 0 Å². The highest BCUT2D eigenvalue weighted by atomic mass is 16.5. The third-order valence-electron chi connectivity index (χ3n) is 2.63. The van der Waals surface area contributed by atoms with E-state index in [2.05, 4.69) is 13.8 Å². The molecule has 1 atom stereocenters. The van der Waals surface area contributed by atoms with Crippen molar-refractivity contribution >= 4 is 0 Å². The molecule has 0 aliphatic heterocycles. The lowest BCUT2D eigenvalue weighted by molar-refractivity contribution is 0.0345. The SMILES string of the molecule is CC(C)CC(C)(O)c1cccc(OC(C)C)c1. The lowest BCUT2D eigenvalue weighted by atomic mass is 9.87. The summed E-state index contributed by atoms with van der Waals surface area (Å²) in [5, 5.41) is 10.5. The third kappa shape index (κ3) is 4.39. The number of hydrogen-bond acceptors (Lipinski definition) is 2. The Labute approximate surface area is 105 Å². The van der Waals surface area contributed by atoms with Crippen molar-refractivity contribution in [1.29, 1.82) is 0 Å². The molecule has 0 aliphatic carbocycles. The molecule has 0 saturated carbocycles. The van der Waals surface area contributed by atoms with Crippen LogP contribution < -0.4 is 4.74 Å². The van der Waals surface area contributed by atoms with Crippen LogP contribution in [0.1, 0.15) is 46.6 Å². The van der Waals surface area contributed by atoms with Gasteiger partial charge in [0, 0.05) is 0 Å². The molecule has 0 bridgehead atoms. The highest BCUT2D eigenvalue weighted by Gasteiger charge is 2.24. The van der Waals surface area contributed by atoms with Gasteiger partial charge in [0.25, 0.3) is 0 Å². The van der Waals surface area contributed by atoms with Crippen molar-refractivity contribution in [3.8, 4) is 5.75 Å². The normalized spacial score (nSPS) is 15.1. The second-order valence-corrected chi connectivity index (χ2v) is 5.57. The van der Waals surface area contributed by atoms with Crippen LogP contribution in [0.3, 0.4) is 0 Å². The number of rotatable bonds is 5. The van der Waals surface area contributed by atoms with E-state index in [4.69, 9.17) is 4.74 Å². The summed E-state index contributed by atoms with van der Waals surface area (Å²) in [4.78, 5) is 0. The van der Waals surface area contributed by atoms with Gasteiger partial charge in [0.2, 0.25) is 0 Å². The molecule has 1 rings (SSSR count). The summed E-state index contributed by atoms with van der Waals surface area (Å²) in [6, 6.07) is 7.74. The number of aliphatic hydroxyl groups is 1. The highest BCUT2D eigenvalue weighted by molar-refractivity contribution is 5.32. The lowest BCUT2D eigenvalue weighted by Gasteiger charge is -2.26. The van der Waals surface area contributed by atoms with Gasteiger partial charge in [-0.05, 0) is 50.8 Å². The molecule has 1 aromatic rings. The minimum absolute atomic E-state index is 0.153. The van der Waals surface area contributed by atoms with Crippen LogP contribution in [0.4, 0.5) is 0 Å². The summed E-state index contributed by atoms with van der Waals surface area (Å²) in [6.45, 7) is 10.1. The van der Waals surface area contributed by atoms with Crippen LogP contribution in [0.15, 0.2) is 24.3 Å². The highest BCUT2D eigenvalue weighted by Crippen LogP contribution is 2.30. The molecule has 0 radical (unpaired) electrons. The Hall–Kier alpha value is -1.02. The molecule has 1 N–H and O–H groups in total. The van der Waals surface area contributed by atoms with Gasteiger partial charge >= 0.3 is 0 Å². The van der Waals surface area contributed by atoms with E-state index in [1.54, 1.807) is 0 Å². The fourth-order valence-corrected chi connectivity index (χ4v) is 2.09. The molecule has 0 saturated heterocycles. The van der Waals surface area contributed by atoms with E-state index >= 15 is 0 Å². The smallest absolute Gasteiger partial charge is 0.120 e. The van der Waals surface area contributed by atoms with Crippen LogP contribution in [0.2, 0.25) is 0 Å². The summed E-state index contributed by atoms with van der Waals surface area (Å²) >= 11 is 0. The fraction of sp³-hybridized carbons (Fsp3) is 0.600. The monoisotopic (exact) mass is 236 g/mol. The molecule has 1 aromatic carbocycles. The van der Waals surface area contributed by atoms with Gasteiger partial charge in [-0.25, -0.2) is 0 Å². The van der Waals surface area contributed by atoms with Gasteiger partial charge < -0.3 is 9.84 Å². The summed E-state index contributed by atoms with van der Waals surface area (Å²) < 4.78 is 5.64. The predicted molar refractivity (Wildman–Crippen MR) is 71.2 cm³/mol. The number of ether oxygens (including phenoxy) is 1. The van der Waals surface area contributed by atoms with E-state index in [1.807, 2.05) is 45.0 Å². The minimum Gasteiger partial charge on any atom is -0.491 e. The van der Waals surface area contributed by atoms with Gasteiger partial charge in [-0.15, -0.1) is 0 Å². The first-order chi connectivity index (χ1) is 7.81. The molecule has 1 unspecified atom stereocenters. The maximum atomic E-state index is 10.5. The van der Waals surface area contributed by atoms with E-state index in [0.29, 0.717) is 5.92 Å². The Morgan fingerprint density at radius 3 is 2.41 bits per heavy atom. The van der Waals surface area contributed by atoms with Crippen molar-refractivity contribution in [1.82, 2.24) is 0 Å². The van der Waals surface area contributed by atoms with E-state index in [1.165, 1.54) is 0 Å². The van der Waals surface area contributed by atoms with Crippen molar-refractivity contribution in [2.24, 2.45) is 5.92 Å². The van der Waals surface area contributed by atoms with Gasteiger partial charge in [-0.3, -0.25) is 0 Å². The van der Waals surface area contributed by atoms with E-state index in [-0.39, 0.29) is 6.10 Å². The Bertz CT molecular complexity index is 354. The average molecular weight is 236 g/mol. The lowest BCUT2D eigenvalue weighted by Crippen LogP contribution is -2.23. The zero-order chi connectivity index (χ0) is 13.1. The first kappa shape index (κ1) is 14.0. The zero-order valence-electron chi connectivity index (χ0n) is 11.5. The number of benzene rings is 1. The van der Waals surface area contributed by atoms with Crippen LogP contribution >= 0.6 is 0 Å². The summed E-state index contributed by atoms with van der Waals surface area (Å²) in [5.74, 6) is 1.28. The molecular weight excluding hydrogens is 212 g/mol. The molecule has 17 heavy (non-hydrogen) atoms. The molecule has 96 valence electrons. The van der Waals surface area contributed by atoms with Gasteiger partial charge in [-0.1, -0.05) is 26.0 Å². The van der Waals surface area contributed by atoms with E-state index in [9.17, 15) is 5.11 Å². The van der Waals surface area contributed by atoms with Crippen LogP contribution in [0.25, 0.3) is 0 Å². The zero-order valence-corrected chi connectivity index (χ0v) is 11.5. The van der Waals surface area contributed by atoms with Crippen molar-refractivity contribution in [2.45, 2.75) is 52.7 Å². The van der Waals surface area contributed by atoms with Crippen molar-refractivity contribution in [3.05, 3.63) is 29.8 Å². The topological polar surface area (TPSA) is 29.5 Å². The van der Waals surface area contributed by atoms with Crippen LogP contribution in [-0.4, -0.2) is 11.2 Å². The van der Waals surface area contributed by atoms with Gasteiger partial charge in [0.1, 0.15) is 5.75 Å². The molecule has 2 nitrogen and oxygen atoms in total. The molecule has 0 spiro atoms. The second-order valence-electron chi connectivity index (χ2n) is 5.57. The van der Waals surface area contributed by atoms with Gasteiger partial charge in [0.15, 0.2) is 0 Å². The maximum Gasteiger partial charge on any atom is 0.120 e. The molecule has 0 aliphatic rings. The first-order valence-corrected chi connectivity index (χ1v) is 6.31. The molecule has 0 heterocycles. The predicted octanol–water partition coefficient (Wildman–Crippen LogP) is 3.73. The van der Waals surface area contributed by atoms with Crippen LogP contribution in [0.5, 0.6) is 5.75 Å². The van der Waals surface area contributed by atoms with Crippen LogP contribution in [0, 0.1) is 5.92 Å². The summed E-state index contributed by atoms with van der Waals surface area (Å²) in [6.07, 6.45) is 0.901. The Morgan fingerprint density at radius 1 is 1.24 bits per heavy atom. The van der Waals surface area contributed by atoms with Crippen LogP contribution in [-0.2, 0) is 5.60 Å². The van der Waals surface area contributed by atoms with Crippen molar-refractivity contribution < 1.29 is 9.84 Å². The standard InChI is InChI=1S/C15H24O2/c1-11(2)10-15(5,16)13-7-6-8-14(9-13)17-12(3)4/h6-9,11-12,16H,10H2,1-5H3. The summed E-state index contributed by atoms with van der Waals surface area (Å²) in [7, 11) is 0. The maximum absolute atomic E-state index is 10.5. The second kappa shape index (κ2) is 5.54. The third-order valence-corrected chi connectivity index (χ3v) is 2.63. The van der Waals surface area contributed by atoms with E-state index in [0.717, 1.165) is 17.7 Å². The fourth-order valence-electron chi connectivity index (χ4n) is 2.09. The molecule has 0 fully saturated rings. The molecular formula is C15H24O2. The molecule has 0 aromatic heterocycles. The Kier molecular flexibility index (Phi) is 4.58. The van der Waals surface area contributed by atoms with Crippen molar-refractivity contribution in [2.75, 3.05) is 0 Å². The molecule has 0 amide bonds. The molecule has 2 heteroatoms. The average Bonchev–Trinajstić information content (AvgIpc) is 2.15. The number of hydrogen-bond donors (Lipinski definition) is 1. The minimum atomic E-state index is -0.787. The Balaban J connectivity index is 2.90. The Morgan fingerprint density at radius 2 is 1.88 bits per heavy atom. The largest absolute Gasteiger partial charge is 0.491 e. The first-order valence-electron chi connectivity index (χ1n) is 6.31. The summed E-state index contributed by atoms with van der Waals surface area (Å²) in [5.41, 5.74) is 0.134. The van der Waals surface area contributed by atoms with E-state index < -0.39 is 5.60 Å². The van der Waals surface area contributed by atoms with Gasteiger partial charge in [0.05, 0.1) is 11.7 Å². The van der Waals surface area contributed by atoms with Crippen molar-refractivity contribution in [3.63, 3.8) is 0 Å².